The Bertz CT molecular complexity index is 719. The largest absolute Gasteiger partial charge is 0.363 e. The number of rotatable bonds is 8. The minimum atomic E-state index is -3.07. The van der Waals surface area contributed by atoms with E-state index >= 15 is 0 Å². The Labute approximate surface area is 156 Å². The Morgan fingerprint density at radius 1 is 0.962 bits per heavy atom. The van der Waals surface area contributed by atoms with E-state index in [-0.39, 0.29) is 6.61 Å². The van der Waals surface area contributed by atoms with E-state index in [1.54, 1.807) is 11.8 Å². The normalized spacial score (nSPS) is 14.2. The van der Waals surface area contributed by atoms with E-state index in [4.69, 9.17) is 4.74 Å². The minimum absolute atomic E-state index is 0.140. The molecule has 138 valence electrons. The number of hydrogen-bond acceptors (Lipinski definition) is 1. The van der Waals surface area contributed by atoms with Gasteiger partial charge in [0.25, 0.3) is 5.92 Å². The lowest BCUT2D eigenvalue weighted by atomic mass is 10.1. The molecular weight excluding hydrogens is 346 g/mol. The summed E-state index contributed by atoms with van der Waals surface area (Å²) < 4.78 is 35.2. The van der Waals surface area contributed by atoms with E-state index in [9.17, 15) is 8.78 Å². The minimum Gasteiger partial charge on any atom is -0.363 e. The smallest absolute Gasteiger partial charge is 0.295 e. The predicted octanol–water partition coefficient (Wildman–Crippen LogP) is 6.35. The monoisotopic (exact) mass is 372 g/mol. The molecule has 0 aliphatic rings. The molecule has 0 aliphatic carbocycles. The number of halogens is 2. The second kappa shape index (κ2) is 9.06. The van der Waals surface area contributed by atoms with Crippen molar-refractivity contribution in [3.8, 4) is 0 Å². The maximum absolute atomic E-state index is 14.8. The van der Waals surface area contributed by atoms with Gasteiger partial charge in [0.1, 0.15) is 6.10 Å². The van der Waals surface area contributed by atoms with Gasteiger partial charge in [-0.25, -0.2) is 0 Å². The molecule has 2 aromatic carbocycles. The average Bonchev–Trinajstić information content (AvgIpc) is 2.61. The third-order valence-electron chi connectivity index (χ3n) is 3.72. The Hall–Kier alpha value is -2.04. The van der Waals surface area contributed by atoms with E-state index in [1.807, 2.05) is 80.3 Å². The van der Waals surface area contributed by atoms with Crippen LogP contribution in [0.5, 0.6) is 0 Å². The molecule has 0 saturated heterocycles. The number of alkyl halides is 2. The Morgan fingerprint density at radius 3 is 2.12 bits per heavy atom. The lowest BCUT2D eigenvalue weighted by molar-refractivity contribution is -0.0874. The van der Waals surface area contributed by atoms with Crippen LogP contribution in [0.1, 0.15) is 11.1 Å². The van der Waals surface area contributed by atoms with E-state index in [0.717, 1.165) is 17.2 Å². The fraction of sp³-hybridized carbons (Fsp3) is 0.273. The summed E-state index contributed by atoms with van der Waals surface area (Å²) in [5.74, 6) is -3.07. The summed E-state index contributed by atoms with van der Waals surface area (Å²) in [6.07, 6.45) is 2.83. The maximum atomic E-state index is 14.8. The lowest BCUT2D eigenvalue weighted by Gasteiger charge is -2.23. The molecule has 0 aromatic heterocycles. The summed E-state index contributed by atoms with van der Waals surface area (Å²) in [7, 11) is -1.73. The third kappa shape index (κ3) is 7.06. The first-order valence-corrected chi connectivity index (χ1v) is 12.3. The molecule has 1 unspecified atom stereocenters. The molecule has 0 fully saturated rings. The van der Waals surface area contributed by atoms with Crippen LogP contribution in [0.25, 0.3) is 6.08 Å². The van der Waals surface area contributed by atoms with Gasteiger partial charge in [-0.2, -0.15) is 8.78 Å². The lowest BCUT2D eigenvalue weighted by Crippen LogP contribution is -2.33. The second-order valence-corrected chi connectivity index (χ2v) is 12.4. The molecule has 26 heavy (non-hydrogen) atoms. The van der Waals surface area contributed by atoms with Crippen LogP contribution in [-0.2, 0) is 11.3 Å². The van der Waals surface area contributed by atoms with Crippen molar-refractivity contribution in [3.63, 3.8) is 0 Å². The fourth-order valence-electron chi connectivity index (χ4n) is 2.27. The molecule has 0 radical (unpaired) electrons. The van der Waals surface area contributed by atoms with Crippen molar-refractivity contribution in [2.45, 2.75) is 38.3 Å². The Kier molecular flexibility index (Phi) is 7.06. The highest BCUT2D eigenvalue weighted by atomic mass is 28.3. The fourth-order valence-corrected chi connectivity index (χ4v) is 3.00. The van der Waals surface area contributed by atoms with Crippen LogP contribution in [0.4, 0.5) is 8.78 Å². The van der Waals surface area contributed by atoms with Crippen LogP contribution in [-0.4, -0.2) is 20.1 Å². The van der Waals surface area contributed by atoms with Crippen LogP contribution < -0.4 is 0 Å². The van der Waals surface area contributed by atoms with E-state index in [0.29, 0.717) is 0 Å². The van der Waals surface area contributed by atoms with E-state index in [1.165, 1.54) is 6.08 Å². The summed E-state index contributed by atoms with van der Waals surface area (Å²) in [6, 6.07) is 18.8. The predicted molar refractivity (Wildman–Crippen MR) is 108 cm³/mol. The van der Waals surface area contributed by atoms with Crippen molar-refractivity contribution < 1.29 is 13.5 Å². The van der Waals surface area contributed by atoms with Gasteiger partial charge in [-0.05, 0) is 23.3 Å². The number of benzene rings is 2. The van der Waals surface area contributed by atoms with Crippen LogP contribution in [0.3, 0.4) is 0 Å². The molecule has 0 amide bonds. The zero-order valence-electron chi connectivity index (χ0n) is 15.5. The van der Waals surface area contributed by atoms with Crippen LogP contribution >= 0.6 is 0 Å². The Balaban J connectivity index is 2.19. The highest BCUT2D eigenvalue weighted by molar-refractivity contribution is 6.80. The summed E-state index contributed by atoms with van der Waals surface area (Å²) in [5.41, 5.74) is 3.41. The average molecular weight is 373 g/mol. The molecule has 1 atom stereocenters. The highest BCUT2D eigenvalue weighted by Gasteiger charge is 2.36. The molecule has 0 N–H and O–H groups in total. The second-order valence-electron chi connectivity index (χ2n) is 7.36. The van der Waals surface area contributed by atoms with Gasteiger partial charge in [0.05, 0.1) is 14.7 Å². The zero-order chi connectivity index (χ0) is 19.0. The van der Waals surface area contributed by atoms with Gasteiger partial charge in [-0.15, -0.1) is 0 Å². The molecule has 2 aromatic rings. The molecule has 0 aliphatic heterocycles. The summed E-state index contributed by atoms with van der Waals surface area (Å²) in [5, 5.41) is 0. The standard InChI is InChI=1S/C22H26F2OSi/c1-26(2,3)17-16-22(23,24)21(15-14-19-10-6-4-7-11-19)25-18-20-12-8-5-9-13-20/h4-17,21H,18H2,1-3H3/b15-14+,17-16+. The first kappa shape index (κ1) is 20.3. The molecule has 0 heterocycles. The zero-order valence-corrected chi connectivity index (χ0v) is 16.5. The first-order chi connectivity index (χ1) is 12.3. The molecule has 0 saturated carbocycles. The van der Waals surface area contributed by atoms with Gasteiger partial charge in [0.2, 0.25) is 0 Å². The summed E-state index contributed by atoms with van der Waals surface area (Å²) in [4.78, 5) is 0. The van der Waals surface area contributed by atoms with Crippen LogP contribution in [0.2, 0.25) is 19.6 Å². The highest BCUT2D eigenvalue weighted by Crippen LogP contribution is 2.27. The van der Waals surface area contributed by atoms with E-state index in [2.05, 4.69) is 0 Å². The molecule has 0 bridgehead atoms. The van der Waals surface area contributed by atoms with Gasteiger partial charge in [-0.3, -0.25) is 0 Å². The Morgan fingerprint density at radius 2 is 1.54 bits per heavy atom. The molecular formula is C22H26F2OSi. The van der Waals surface area contributed by atoms with Crippen molar-refractivity contribution in [3.05, 3.63) is 89.6 Å². The van der Waals surface area contributed by atoms with Crippen molar-refractivity contribution in [2.75, 3.05) is 0 Å². The van der Waals surface area contributed by atoms with Crippen molar-refractivity contribution in [2.24, 2.45) is 0 Å². The third-order valence-corrected chi connectivity index (χ3v) is 4.89. The van der Waals surface area contributed by atoms with Gasteiger partial charge < -0.3 is 4.74 Å². The van der Waals surface area contributed by atoms with Gasteiger partial charge in [0, 0.05) is 0 Å². The maximum Gasteiger partial charge on any atom is 0.295 e. The van der Waals surface area contributed by atoms with Gasteiger partial charge in [0.15, 0.2) is 0 Å². The van der Waals surface area contributed by atoms with Crippen molar-refractivity contribution in [1.82, 2.24) is 0 Å². The topological polar surface area (TPSA) is 9.23 Å². The van der Waals surface area contributed by atoms with Gasteiger partial charge in [-0.1, -0.05) is 92.1 Å². The summed E-state index contributed by atoms with van der Waals surface area (Å²) in [6.45, 7) is 6.22. The molecule has 4 heteroatoms. The van der Waals surface area contributed by atoms with Crippen molar-refractivity contribution in [1.29, 1.82) is 0 Å². The van der Waals surface area contributed by atoms with Gasteiger partial charge >= 0.3 is 0 Å². The molecule has 0 spiro atoms. The number of ether oxygens (including phenoxy) is 1. The SMILES string of the molecule is C[Si](C)(C)/C=C/C(F)(F)C(/C=C/c1ccccc1)OCc1ccccc1. The first-order valence-electron chi connectivity index (χ1n) is 8.73. The van der Waals surface area contributed by atoms with Crippen LogP contribution in [0, 0.1) is 0 Å². The number of hydrogen-bond donors (Lipinski definition) is 0. The van der Waals surface area contributed by atoms with Crippen molar-refractivity contribution >= 4 is 14.1 Å². The van der Waals surface area contributed by atoms with E-state index < -0.39 is 20.1 Å². The quantitative estimate of drug-likeness (QED) is 0.490. The molecule has 2 rings (SSSR count). The molecule has 1 nitrogen and oxygen atoms in total. The summed E-state index contributed by atoms with van der Waals surface area (Å²) >= 11 is 0. The van der Waals surface area contributed by atoms with Crippen LogP contribution in [0.15, 0.2) is 78.5 Å².